The molecule has 0 spiro atoms. The molecule has 1 saturated heterocycles. The molecule has 11 nitrogen and oxygen atoms in total. The Balaban J connectivity index is 1.82. The second-order valence-corrected chi connectivity index (χ2v) is 8.04. The van der Waals surface area contributed by atoms with Crippen molar-refractivity contribution in [1.29, 1.82) is 0 Å². The Bertz CT molecular complexity index is 762. The number of nitrogens with one attached hydrogen (secondary N) is 1. The highest BCUT2D eigenvalue weighted by atomic mass is 16.6. The van der Waals surface area contributed by atoms with Crippen molar-refractivity contribution in [3.8, 4) is 0 Å². The predicted octanol–water partition coefficient (Wildman–Crippen LogP) is 1.55. The lowest BCUT2D eigenvalue weighted by atomic mass is 10.1. The maximum absolute atomic E-state index is 12.3. The number of hydrogen-bond donors (Lipinski definition) is 3. The van der Waals surface area contributed by atoms with Gasteiger partial charge in [-0.25, -0.2) is 9.59 Å². The van der Waals surface area contributed by atoms with E-state index in [0.29, 0.717) is 5.56 Å². The lowest BCUT2D eigenvalue weighted by Gasteiger charge is -2.30. The van der Waals surface area contributed by atoms with Crippen molar-refractivity contribution < 1.29 is 34.2 Å². The summed E-state index contributed by atoms with van der Waals surface area (Å²) in [7, 11) is 0. The quantitative estimate of drug-likeness (QED) is 0.459. The summed E-state index contributed by atoms with van der Waals surface area (Å²) >= 11 is 0. The van der Waals surface area contributed by atoms with Gasteiger partial charge in [-0.2, -0.15) is 0 Å². The smallest absolute Gasteiger partial charge is 0.410 e. The predicted molar refractivity (Wildman–Crippen MR) is 105 cm³/mol. The Morgan fingerprint density at radius 1 is 1.33 bits per heavy atom. The molecule has 0 unspecified atom stereocenters. The number of non-ortho nitro benzene ring substituents is 1. The number of hydrogen-bond acceptors (Lipinski definition) is 8. The SMILES string of the molecule is CC(C)(C)OC(=O)N1C[C@H](O)C[C@H]1[C@H](O)CNC(=O)OCc1ccc([N+](=O)[O-])cc1. The van der Waals surface area contributed by atoms with Gasteiger partial charge < -0.3 is 25.0 Å². The van der Waals surface area contributed by atoms with E-state index in [0.717, 1.165) is 0 Å². The number of benzene rings is 1. The summed E-state index contributed by atoms with van der Waals surface area (Å²) in [5.74, 6) is 0. The van der Waals surface area contributed by atoms with Crippen LogP contribution in [-0.4, -0.2) is 69.2 Å². The van der Waals surface area contributed by atoms with Gasteiger partial charge in [0.05, 0.1) is 29.7 Å². The average Bonchev–Trinajstić information content (AvgIpc) is 3.05. The summed E-state index contributed by atoms with van der Waals surface area (Å²) in [6.07, 6.45) is -3.23. The number of carbonyl (C=O) groups excluding carboxylic acids is 2. The van der Waals surface area contributed by atoms with Gasteiger partial charge in [-0.1, -0.05) is 0 Å². The molecule has 30 heavy (non-hydrogen) atoms. The zero-order valence-corrected chi connectivity index (χ0v) is 17.1. The first-order valence-corrected chi connectivity index (χ1v) is 9.46. The molecule has 1 aliphatic rings. The number of aliphatic hydroxyl groups is 2. The fourth-order valence-corrected chi connectivity index (χ4v) is 2.98. The topological polar surface area (TPSA) is 151 Å². The van der Waals surface area contributed by atoms with Crippen LogP contribution in [0, 0.1) is 10.1 Å². The van der Waals surface area contributed by atoms with Crippen molar-refractivity contribution in [1.82, 2.24) is 10.2 Å². The van der Waals surface area contributed by atoms with Crippen LogP contribution >= 0.6 is 0 Å². The average molecular weight is 425 g/mol. The van der Waals surface area contributed by atoms with E-state index in [-0.39, 0.29) is 31.8 Å². The third-order valence-corrected chi connectivity index (χ3v) is 4.37. The summed E-state index contributed by atoms with van der Waals surface area (Å²) in [5.41, 5.74) is -0.231. The zero-order valence-electron chi connectivity index (χ0n) is 17.1. The molecule has 2 rings (SSSR count). The molecule has 1 fully saturated rings. The van der Waals surface area contributed by atoms with Gasteiger partial charge in [-0.05, 0) is 44.9 Å². The number of β-amino-alcohol motifs (C(OH)–C–C–N with tert-alkyl or cyclic N) is 1. The second kappa shape index (κ2) is 9.72. The normalized spacial score (nSPS) is 19.8. The highest BCUT2D eigenvalue weighted by Crippen LogP contribution is 2.23. The van der Waals surface area contributed by atoms with Crippen LogP contribution in [0.5, 0.6) is 0 Å². The highest BCUT2D eigenvalue weighted by Gasteiger charge is 2.40. The van der Waals surface area contributed by atoms with E-state index in [9.17, 15) is 29.9 Å². The summed E-state index contributed by atoms with van der Waals surface area (Å²) in [6, 6.07) is 4.83. The van der Waals surface area contributed by atoms with Gasteiger partial charge in [0.2, 0.25) is 0 Å². The maximum atomic E-state index is 12.3. The molecule has 0 bridgehead atoms. The molecule has 1 heterocycles. The van der Waals surface area contributed by atoms with E-state index in [4.69, 9.17) is 9.47 Å². The third-order valence-electron chi connectivity index (χ3n) is 4.37. The molecule has 3 atom stereocenters. The van der Waals surface area contributed by atoms with Gasteiger partial charge in [0.15, 0.2) is 0 Å². The molecule has 1 aromatic carbocycles. The van der Waals surface area contributed by atoms with Crippen LogP contribution in [0.15, 0.2) is 24.3 Å². The molecule has 1 aliphatic heterocycles. The number of amides is 2. The first kappa shape index (κ1) is 23.4. The largest absolute Gasteiger partial charge is 0.445 e. The van der Waals surface area contributed by atoms with E-state index >= 15 is 0 Å². The Kier molecular flexibility index (Phi) is 7.57. The minimum Gasteiger partial charge on any atom is -0.445 e. The van der Waals surface area contributed by atoms with Crippen LogP contribution in [0.4, 0.5) is 15.3 Å². The van der Waals surface area contributed by atoms with Crippen LogP contribution in [0.25, 0.3) is 0 Å². The molecule has 0 radical (unpaired) electrons. The van der Waals surface area contributed by atoms with Crippen molar-refractivity contribution in [3.05, 3.63) is 39.9 Å². The highest BCUT2D eigenvalue weighted by molar-refractivity contribution is 5.69. The number of likely N-dealkylation sites (tertiary alicyclic amines) is 1. The number of nitrogens with zero attached hydrogens (tertiary/aromatic N) is 2. The van der Waals surface area contributed by atoms with Gasteiger partial charge >= 0.3 is 12.2 Å². The zero-order chi connectivity index (χ0) is 22.5. The standard InChI is InChI=1S/C19H27N3O8/c1-19(2,3)30-18(26)21-10-14(23)8-15(21)16(24)9-20-17(25)29-11-12-4-6-13(7-5-12)22(27)28/h4-7,14-16,23-24H,8-11H2,1-3H3,(H,20,25)/t14-,15+,16-/m1/s1. The van der Waals surface area contributed by atoms with Gasteiger partial charge in [-0.15, -0.1) is 0 Å². The molecule has 2 amide bonds. The fraction of sp³-hybridized carbons (Fsp3) is 0.579. The molecule has 3 N–H and O–H groups in total. The minimum atomic E-state index is -1.14. The summed E-state index contributed by atoms with van der Waals surface area (Å²) in [6.45, 7) is 4.87. The minimum absolute atomic E-state index is 0.0290. The van der Waals surface area contributed by atoms with Crippen molar-refractivity contribution in [2.45, 2.75) is 57.6 Å². The van der Waals surface area contributed by atoms with Gasteiger partial charge in [0, 0.05) is 18.7 Å². The molecule has 1 aromatic rings. The molecular weight excluding hydrogens is 398 g/mol. The Morgan fingerprint density at radius 2 is 1.97 bits per heavy atom. The lowest BCUT2D eigenvalue weighted by Crippen LogP contribution is -2.48. The summed E-state index contributed by atoms with van der Waals surface area (Å²) < 4.78 is 10.3. The van der Waals surface area contributed by atoms with E-state index < -0.39 is 41.0 Å². The van der Waals surface area contributed by atoms with E-state index in [1.54, 1.807) is 20.8 Å². The summed E-state index contributed by atoms with van der Waals surface area (Å²) in [5, 5.41) is 33.3. The number of nitro benzene ring substituents is 1. The van der Waals surface area contributed by atoms with Crippen molar-refractivity contribution in [2.75, 3.05) is 13.1 Å². The third kappa shape index (κ3) is 6.85. The van der Waals surface area contributed by atoms with Gasteiger partial charge in [0.25, 0.3) is 5.69 Å². The fourth-order valence-electron chi connectivity index (χ4n) is 2.98. The Labute approximate surface area is 173 Å². The van der Waals surface area contributed by atoms with Crippen LogP contribution < -0.4 is 5.32 Å². The van der Waals surface area contributed by atoms with Crippen molar-refractivity contribution in [3.63, 3.8) is 0 Å². The lowest BCUT2D eigenvalue weighted by molar-refractivity contribution is -0.384. The number of ether oxygens (including phenoxy) is 2. The first-order valence-electron chi connectivity index (χ1n) is 9.46. The van der Waals surface area contributed by atoms with Gasteiger partial charge in [-0.3, -0.25) is 15.0 Å². The van der Waals surface area contributed by atoms with Crippen molar-refractivity contribution >= 4 is 17.9 Å². The number of carbonyl (C=O) groups is 2. The van der Waals surface area contributed by atoms with Gasteiger partial charge in [0.1, 0.15) is 12.2 Å². The van der Waals surface area contributed by atoms with E-state index in [1.165, 1.54) is 29.2 Å². The van der Waals surface area contributed by atoms with Crippen LogP contribution in [0.2, 0.25) is 0 Å². The van der Waals surface area contributed by atoms with Crippen LogP contribution in [-0.2, 0) is 16.1 Å². The molecule has 0 aliphatic carbocycles. The molecular formula is C19H27N3O8. The Morgan fingerprint density at radius 3 is 2.53 bits per heavy atom. The number of rotatable bonds is 6. The van der Waals surface area contributed by atoms with E-state index in [1.807, 2.05) is 0 Å². The first-order chi connectivity index (χ1) is 14.0. The monoisotopic (exact) mass is 425 g/mol. The molecule has 0 aromatic heterocycles. The van der Waals surface area contributed by atoms with E-state index in [2.05, 4.69) is 5.32 Å². The molecule has 11 heteroatoms. The maximum Gasteiger partial charge on any atom is 0.410 e. The Hall–Kier alpha value is -2.92. The number of nitro groups is 1. The molecule has 166 valence electrons. The number of aliphatic hydroxyl groups excluding tert-OH is 2. The van der Waals surface area contributed by atoms with Crippen LogP contribution in [0.3, 0.4) is 0 Å². The van der Waals surface area contributed by atoms with Crippen molar-refractivity contribution in [2.24, 2.45) is 0 Å². The number of alkyl carbamates (subject to hydrolysis) is 1. The summed E-state index contributed by atoms with van der Waals surface area (Å²) in [4.78, 5) is 35.5. The molecule has 0 saturated carbocycles. The second-order valence-electron chi connectivity index (χ2n) is 8.04. The van der Waals surface area contributed by atoms with Crippen LogP contribution in [0.1, 0.15) is 32.8 Å².